The van der Waals surface area contributed by atoms with E-state index in [1.54, 1.807) is 4.90 Å². The van der Waals surface area contributed by atoms with Crippen molar-refractivity contribution in [3.05, 3.63) is 12.2 Å². The standard InChI is InChI=1S/C11H18FN3O/c1-9(4-12)10(16)15-6-11(7-15)2-3-14(5-11)8-13/h1-8,13H2. The first-order valence-electron chi connectivity index (χ1n) is 5.56. The van der Waals surface area contributed by atoms with Crippen LogP contribution in [-0.2, 0) is 4.79 Å². The molecule has 2 heterocycles. The first kappa shape index (κ1) is 11.5. The van der Waals surface area contributed by atoms with Crippen molar-refractivity contribution in [2.75, 3.05) is 39.5 Å². The summed E-state index contributed by atoms with van der Waals surface area (Å²) >= 11 is 0. The van der Waals surface area contributed by atoms with Gasteiger partial charge in [0.25, 0.3) is 5.91 Å². The van der Waals surface area contributed by atoms with Gasteiger partial charge in [0.1, 0.15) is 6.67 Å². The number of nitrogens with two attached hydrogens (primary N) is 1. The minimum absolute atomic E-state index is 0.0588. The molecule has 2 aliphatic rings. The van der Waals surface area contributed by atoms with Crippen molar-refractivity contribution >= 4 is 5.91 Å². The number of nitrogens with zero attached hydrogens (tertiary/aromatic N) is 2. The Morgan fingerprint density at radius 3 is 2.62 bits per heavy atom. The summed E-state index contributed by atoms with van der Waals surface area (Å²) < 4.78 is 12.3. The molecular weight excluding hydrogens is 209 g/mol. The number of hydrogen-bond donors (Lipinski definition) is 1. The van der Waals surface area contributed by atoms with Crippen molar-refractivity contribution in [3.8, 4) is 0 Å². The van der Waals surface area contributed by atoms with Gasteiger partial charge in [-0.2, -0.15) is 0 Å². The summed E-state index contributed by atoms with van der Waals surface area (Å²) in [4.78, 5) is 15.5. The predicted molar refractivity (Wildman–Crippen MR) is 59.4 cm³/mol. The number of carbonyl (C=O) groups is 1. The summed E-state index contributed by atoms with van der Waals surface area (Å²) in [5.41, 5.74) is 5.85. The highest BCUT2D eigenvalue weighted by Crippen LogP contribution is 2.39. The fourth-order valence-corrected chi connectivity index (χ4v) is 2.63. The van der Waals surface area contributed by atoms with Gasteiger partial charge in [-0.3, -0.25) is 9.69 Å². The van der Waals surface area contributed by atoms with Crippen LogP contribution in [0.15, 0.2) is 12.2 Å². The fraction of sp³-hybridized carbons (Fsp3) is 0.727. The third-order valence-corrected chi connectivity index (χ3v) is 3.58. The number of carbonyl (C=O) groups excluding carboxylic acids is 1. The van der Waals surface area contributed by atoms with Gasteiger partial charge in [-0.05, 0) is 6.42 Å². The van der Waals surface area contributed by atoms with E-state index in [2.05, 4.69) is 11.5 Å². The molecule has 0 aromatic carbocycles. The van der Waals surface area contributed by atoms with E-state index in [0.29, 0.717) is 6.67 Å². The number of rotatable bonds is 3. The molecule has 2 fully saturated rings. The minimum Gasteiger partial charge on any atom is -0.338 e. The van der Waals surface area contributed by atoms with Gasteiger partial charge in [-0.15, -0.1) is 0 Å². The summed E-state index contributed by atoms with van der Waals surface area (Å²) in [5, 5.41) is 0. The van der Waals surface area contributed by atoms with Crippen molar-refractivity contribution in [2.45, 2.75) is 6.42 Å². The van der Waals surface area contributed by atoms with E-state index in [1.807, 2.05) is 0 Å². The Morgan fingerprint density at radius 2 is 2.12 bits per heavy atom. The maximum absolute atomic E-state index is 12.3. The van der Waals surface area contributed by atoms with Crippen molar-refractivity contribution in [2.24, 2.45) is 11.1 Å². The molecule has 0 unspecified atom stereocenters. The van der Waals surface area contributed by atoms with Crippen LogP contribution in [0.5, 0.6) is 0 Å². The third kappa shape index (κ3) is 1.85. The van der Waals surface area contributed by atoms with Gasteiger partial charge >= 0.3 is 0 Å². The lowest BCUT2D eigenvalue weighted by Gasteiger charge is -2.48. The molecule has 0 aliphatic carbocycles. The summed E-state index contributed by atoms with van der Waals surface area (Å²) in [5.74, 6) is -0.237. The summed E-state index contributed by atoms with van der Waals surface area (Å²) in [6, 6.07) is 0. The van der Waals surface area contributed by atoms with Gasteiger partial charge in [0.2, 0.25) is 0 Å². The van der Waals surface area contributed by atoms with Gasteiger partial charge in [0, 0.05) is 43.8 Å². The highest BCUT2D eigenvalue weighted by molar-refractivity contribution is 5.93. The van der Waals surface area contributed by atoms with Crippen LogP contribution in [0.1, 0.15) is 6.42 Å². The molecule has 0 bridgehead atoms. The molecule has 1 spiro atoms. The van der Waals surface area contributed by atoms with E-state index in [4.69, 9.17) is 5.73 Å². The second-order valence-electron chi connectivity index (χ2n) is 4.88. The van der Waals surface area contributed by atoms with Crippen LogP contribution in [0.3, 0.4) is 0 Å². The molecule has 2 saturated heterocycles. The van der Waals surface area contributed by atoms with Crippen LogP contribution in [0.2, 0.25) is 0 Å². The van der Waals surface area contributed by atoms with Crippen LogP contribution in [0.25, 0.3) is 0 Å². The zero-order valence-corrected chi connectivity index (χ0v) is 9.41. The van der Waals surface area contributed by atoms with E-state index in [0.717, 1.165) is 32.6 Å². The molecule has 0 aromatic rings. The van der Waals surface area contributed by atoms with Crippen molar-refractivity contribution in [1.82, 2.24) is 9.80 Å². The summed E-state index contributed by atoms with van der Waals surface area (Å²) in [6.45, 7) is 6.65. The van der Waals surface area contributed by atoms with Crippen molar-refractivity contribution in [3.63, 3.8) is 0 Å². The minimum atomic E-state index is -0.753. The van der Waals surface area contributed by atoms with Crippen LogP contribution < -0.4 is 5.73 Å². The molecule has 0 aromatic heterocycles. The number of halogens is 1. The Morgan fingerprint density at radius 1 is 1.44 bits per heavy atom. The normalized spacial score (nSPS) is 23.5. The molecule has 0 radical (unpaired) electrons. The summed E-state index contributed by atoms with van der Waals surface area (Å²) in [7, 11) is 0. The van der Waals surface area contributed by atoms with E-state index in [-0.39, 0.29) is 16.9 Å². The van der Waals surface area contributed by atoms with Gasteiger partial charge in [0.15, 0.2) is 0 Å². The number of amides is 1. The first-order chi connectivity index (χ1) is 7.60. The lowest BCUT2D eigenvalue weighted by atomic mass is 9.79. The lowest BCUT2D eigenvalue weighted by Crippen LogP contribution is -2.60. The highest BCUT2D eigenvalue weighted by Gasteiger charge is 2.48. The van der Waals surface area contributed by atoms with Crippen molar-refractivity contribution < 1.29 is 9.18 Å². The summed E-state index contributed by atoms with van der Waals surface area (Å²) in [6.07, 6.45) is 1.08. The molecule has 0 saturated carbocycles. The zero-order chi connectivity index (χ0) is 11.8. The Labute approximate surface area is 94.9 Å². The van der Waals surface area contributed by atoms with Gasteiger partial charge in [-0.25, -0.2) is 4.39 Å². The fourth-order valence-electron chi connectivity index (χ4n) is 2.63. The van der Waals surface area contributed by atoms with Crippen molar-refractivity contribution in [1.29, 1.82) is 0 Å². The molecule has 90 valence electrons. The molecule has 1 amide bonds. The lowest BCUT2D eigenvalue weighted by molar-refractivity contribution is -0.138. The van der Waals surface area contributed by atoms with E-state index in [9.17, 15) is 9.18 Å². The molecule has 2 rings (SSSR count). The van der Waals surface area contributed by atoms with E-state index in [1.165, 1.54) is 0 Å². The Balaban J connectivity index is 1.86. The van der Waals surface area contributed by atoms with Crippen LogP contribution >= 0.6 is 0 Å². The average molecular weight is 227 g/mol. The quantitative estimate of drug-likeness (QED) is 0.688. The monoisotopic (exact) mass is 227 g/mol. The Kier molecular flexibility index (Phi) is 2.99. The average Bonchev–Trinajstić information content (AvgIpc) is 2.69. The SMILES string of the molecule is C=C(CF)C(=O)N1CC2(CCN(CN)C2)C1. The second kappa shape index (κ2) is 4.14. The van der Waals surface area contributed by atoms with E-state index < -0.39 is 6.67 Å². The maximum atomic E-state index is 12.3. The Hall–Kier alpha value is -0.940. The molecule has 5 heteroatoms. The van der Waals surface area contributed by atoms with E-state index >= 15 is 0 Å². The number of alkyl halides is 1. The molecular formula is C11H18FN3O. The molecule has 2 N–H and O–H groups in total. The van der Waals surface area contributed by atoms with Gasteiger partial charge < -0.3 is 10.6 Å². The van der Waals surface area contributed by atoms with Gasteiger partial charge in [-0.1, -0.05) is 6.58 Å². The zero-order valence-electron chi connectivity index (χ0n) is 9.41. The maximum Gasteiger partial charge on any atom is 0.251 e. The molecule has 2 aliphatic heterocycles. The second-order valence-corrected chi connectivity index (χ2v) is 4.88. The smallest absolute Gasteiger partial charge is 0.251 e. The molecule has 4 nitrogen and oxygen atoms in total. The van der Waals surface area contributed by atoms with Gasteiger partial charge in [0.05, 0.1) is 0 Å². The highest BCUT2D eigenvalue weighted by atomic mass is 19.1. The Bertz CT molecular complexity index is 312. The number of likely N-dealkylation sites (tertiary alicyclic amines) is 2. The molecule has 16 heavy (non-hydrogen) atoms. The third-order valence-electron chi connectivity index (χ3n) is 3.58. The predicted octanol–water partition coefficient (Wildman–Crippen LogP) is -0.0374. The van der Waals surface area contributed by atoms with Crippen LogP contribution in [0, 0.1) is 5.41 Å². The van der Waals surface area contributed by atoms with Crippen LogP contribution in [-0.4, -0.2) is 55.2 Å². The van der Waals surface area contributed by atoms with Crippen LogP contribution in [0.4, 0.5) is 4.39 Å². The largest absolute Gasteiger partial charge is 0.338 e. The molecule has 0 atom stereocenters. The first-order valence-corrected chi connectivity index (χ1v) is 5.56. The number of hydrogen-bond acceptors (Lipinski definition) is 3. The topological polar surface area (TPSA) is 49.6 Å².